The lowest BCUT2D eigenvalue weighted by Crippen LogP contribution is -1.98. The first-order chi connectivity index (χ1) is 7.78. The number of carbonyl (C=O) groups excluding carboxylic acids is 1. The van der Waals surface area contributed by atoms with Crippen LogP contribution in [0.5, 0.6) is 0 Å². The minimum absolute atomic E-state index is 0.509. The first-order valence-corrected chi connectivity index (χ1v) is 6.55. The van der Waals surface area contributed by atoms with Gasteiger partial charge in [-0.2, -0.15) is 0 Å². The molecular formula is C15H26O. The standard InChI is InChI=1S/C15H26O/c1-4-7-10-14(9-6-3)12-15(13-16)11-8-5-2/h6,12-14H,3-5,7-11H2,1-2H3/b15-12+. The molecule has 1 unspecified atom stereocenters. The van der Waals surface area contributed by atoms with Gasteiger partial charge in [0, 0.05) is 0 Å². The van der Waals surface area contributed by atoms with Crippen molar-refractivity contribution in [2.45, 2.75) is 58.8 Å². The van der Waals surface area contributed by atoms with Crippen molar-refractivity contribution in [2.75, 3.05) is 0 Å². The molecule has 0 spiro atoms. The summed E-state index contributed by atoms with van der Waals surface area (Å²) < 4.78 is 0. The van der Waals surface area contributed by atoms with Gasteiger partial charge >= 0.3 is 0 Å². The van der Waals surface area contributed by atoms with Crippen LogP contribution in [0.2, 0.25) is 0 Å². The lowest BCUT2D eigenvalue weighted by Gasteiger charge is -2.11. The highest BCUT2D eigenvalue weighted by molar-refractivity contribution is 5.73. The lowest BCUT2D eigenvalue weighted by atomic mass is 9.94. The maximum Gasteiger partial charge on any atom is 0.145 e. The van der Waals surface area contributed by atoms with E-state index in [9.17, 15) is 4.79 Å². The summed E-state index contributed by atoms with van der Waals surface area (Å²) in [7, 11) is 0. The van der Waals surface area contributed by atoms with Crippen molar-refractivity contribution >= 4 is 6.29 Å². The Hall–Kier alpha value is -0.850. The van der Waals surface area contributed by atoms with Crippen molar-refractivity contribution in [3.8, 4) is 0 Å². The first-order valence-electron chi connectivity index (χ1n) is 6.55. The smallest absolute Gasteiger partial charge is 0.145 e. The number of allylic oxidation sites excluding steroid dienone is 3. The quantitative estimate of drug-likeness (QED) is 0.298. The Bertz CT molecular complexity index is 215. The molecule has 0 fully saturated rings. The van der Waals surface area contributed by atoms with E-state index in [1.807, 2.05) is 6.08 Å². The van der Waals surface area contributed by atoms with Crippen LogP contribution in [0.3, 0.4) is 0 Å². The number of rotatable bonds is 10. The van der Waals surface area contributed by atoms with Crippen LogP contribution in [0.1, 0.15) is 58.8 Å². The highest BCUT2D eigenvalue weighted by Gasteiger charge is 2.05. The van der Waals surface area contributed by atoms with E-state index in [0.717, 1.165) is 37.5 Å². The average molecular weight is 222 g/mol. The average Bonchev–Trinajstić information content (AvgIpc) is 2.31. The minimum atomic E-state index is 0.509. The van der Waals surface area contributed by atoms with Crippen LogP contribution in [0.25, 0.3) is 0 Å². The third-order valence-corrected chi connectivity index (χ3v) is 2.82. The van der Waals surface area contributed by atoms with E-state index in [1.54, 1.807) is 0 Å². The molecule has 1 atom stereocenters. The van der Waals surface area contributed by atoms with Crippen LogP contribution >= 0.6 is 0 Å². The zero-order valence-corrected chi connectivity index (χ0v) is 10.9. The molecular weight excluding hydrogens is 196 g/mol. The Morgan fingerprint density at radius 2 is 1.94 bits per heavy atom. The molecule has 0 aromatic carbocycles. The van der Waals surface area contributed by atoms with Gasteiger partial charge in [-0.05, 0) is 37.2 Å². The van der Waals surface area contributed by atoms with Gasteiger partial charge in [-0.3, -0.25) is 4.79 Å². The molecule has 0 radical (unpaired) electrons. The fraction of sp³-hybridized carbons (Fsp3) is 0.667. The summed E-state index contributed by atoms with van der Waals surface area (Å²) >= 11 is 0. The molecule has 0 bridgehead atoms. The summed E-state index contributed by atoms with van der Waals surface area (Å²) in [5, 5.41) is 0. The highest BCUT2D eigenvalue weighted by atomic mass is 16.1. The van der Waals surface area contributed by atoms with E-state index in [1.165, 1.54) is 19.3 Å². The van der Waals surface area contributed by atoms with Gasteiger partial charge in [0.1, 0.15) is 6.29 Å². The molecule has 1 heteroatoms. The summed E-state index contributed by atoms with van der Waals surface area (Å²) in [4.78, 5) is 10.9. The van der Waals surface area contributed by atoms with E-state index in [-0.39, 0.29) is 0 Å². The van der Waals surface area contributed by atoms with E-state index < -0.39 is 0 Å². The number of unbranched alkanes of at least 4 members (excludes halogenated alkanes) is 2. The third-order valence-electron chi connectivity index (χ3n) is 2.82. The monoisotopic (exact) mass is 222 g/mol. The number of hydrogen-bond donors (Lipinski definition) is 0. The second-order valence-corrected chi connectivity index (χ2v) is 4.39. The first kappa shape index (κ1) is 15.2. The van der Waals surface area contributed by atoms with Gasteiger partial charge in [-0.1, -0.05) is 45.3 Å². The Morgan fingerprint density at radius 3 is 2.44 bits per heavy atom. The zero-order valence-electron chi connectivity index (χ0n) is 10.9. The summed E-state index contributed by atoms with van der Waals surface area (Å²) in [5.41, 5.74) is 0.977. The molecule has 0 rings (SSSR count). The molecule has 16 heavy (non-hydrogen) atoms. The molecule has 0 amide bonds. The van der Waals surface area contributed by atoms with Crippen LogP contribution < -0.4 is 0 Å². The van der Waals surface area contributed by atoms with Gasteiger partial charge in [0.2, 0.25) is 0 Å². The summed E-state index contributed by atoms with van der Waals surface area (Å²) in [6.45, 7) is 8.14. The Kier molecular flexibility index (Phi) is 10.1. The van der Waals surface area contributed by atoms with Gasteiger partial charge in [0.05, 0.1) is 0 Å². The topological polar surface area (TPSA) is 17.1 Å². The van der Waals surface area contributed by atoms with Crippen LogP contribution in [-0.4, -0.2) is 6.29 Å². The SMILES string of the molecule is C=CCC(/C=C(/C=O)CCCC)CCCC. The predicted molar refractivity (Wildman–Crippen MR) is 71.5 cm³/mol. The molecule has 0 aliphatic rings. The summed E-state index contributed by atoms with van der Waals surface area (Å²) in [5.74, 6) is 0.509. The molecule has 92 valence electrons. The molecule has 0 saturated carbocycles. The Labute approximate surface area is 101 Å². The molecule has 0 aromatic heterocycles. The molecule has 0 heterocycles. The van der Waals surface area contributed by atoms with E-state index in [2.05, 4.69) is 26.5 Å². The highest BCUT2D eigenvalue weighted by Crippen LogP contribution is 2.18. The fourth-order valence-corrected chi connectivity index (χ4v) is 1.81. The summed E-state index contributed by atoms with van der Waals surface area (Å²) in [6.07, 6.45) is 12.9. The number of hydrogen-bond acceptors (Lipinski definition) is 1. The Morgan fingerprint density at radius 1 is 1.25 bits per heavy atom. The third kappa shape index (κ3) is 7.44. The van der Waals surface area contributed by atoms with Gasteiger partial charge < -0.3 is 0 Å². The fourth-order valence-electron chi connectivity index (χ4n) is 1.81. The molecule has 0 N–H and O–H groups in total. The molecule has 0 saturated heterocycles. The lowest BCUT2D eigenvalue weighted by molar-refractivity contribution is -0.105. The normalized spacial score (nSPS) is 13.5. The van der Waals surface area contributed by atoms with Gasteiger partial charge in [0.25, 0.3) is 0 Å². The predicted octanol–water partition coefficient (Wildman–Crippen LogP) is 4.68. The van der Waals surface area contributed by atoms with Gasteiger partial charge in [0.15, 0.2) is 0 Å². The van der Waals surface area contributed by atoms with Crippen molar-refractivity contribution in [3.05, 3.63) is 24.3 Å². The maximum absolute atomic E-state index is 10.9. The van der Waals surface area contributed by atoms with E-state index in [0.29, 0.717) is 5.92 Å². The van der Waals surface area contributed by atoms with Crippen molar-refractivity contribution in [1.82, 2.24) is 0 Å². The van der Waals surface area contributed by atoms with E-state index >= 15 is 0 Å². The van der Waals surface area contributed by atoms with Crippen LogP contribution in [0.4, 0.5) is 0 Å². The largest absolute Gasteiger partial charge is 0.298 e. The van der Waals surface area contributed by atoms with Gasteiger partial charge in [-0.15, -0.1) is 6.58 Å². The molecule has 0 aliphatic heterocycles. The Balaban J connectivity index is 4.31. The van der Waals surface area contributed by atoms with Crippen LogP contribution in [0, 0.1) is 5.92 Å². The van der Waals surface area contributed by atoms with Crippen LogP contribution in [0.15, 0.2) is 24.3 Å². The molecule has 0 aromatic rings. The van der Waals surface area contributed by atoms with Crippen molar-refractivity contribution in [3.63, 3.8) is 0 Å². The number of carbonyl (C=O) groups is 1. The molecule has 1 nitrogen and oxygen atoms in total. The summed E-state index contributed by atoms with van der Waals surface area (Å²) in [6, 6.07) is 0. The second-order valence-electron chi connectivity index (χ2n) is 4.39. The van der Waals surface area contributed by atoms with E-state index in [4.69, 9.17) is 0 Å². The van der Waals surface area contributed by atoms with Crippen molar-refractivity contribution < 1.29 is 4.79 Å². The van der Waals surface area contributed by atoms with Crippen LogP contribution in [-0.2, 0) is 4.79 Å². The van der Waals surface area contributed by atoms with Gasteiger partial charge in [-0.25, -0.2) is 0 Å². The molecule has 0 aliphatic carbocycles. The second kappa shape index (κ2) is 10.7. The van der Waals surface area contributed by atoms with Crippen molar-refractivity contribution in [2.24, 2.45) is 5.92 Å². The minimum Gasteiger partial charge on any atom is -0.298 e. The maximum atomic E-state index is 10.9. The zero-order chi connectivity index (χ0) is 12.2. The number of aldehydes is 1. The van der Waals surface area contributed by atoms with Crippen molar-refractivity contribution in [1.29, 1.82) is 0 Å².